The molecule has 3 nitrogen and oxygen atoms in total. The number of carboxylic acids is 1. The molecule has 374 valence electrons. The van der Waals surface area contributed by atoms with Crippen molar-refractivity contribution in [1.29, 1.82) is 0 Å². The van der Waals surface area contributed by atoms with E-state index in [0.29, 0.717) is 17.9 Å². The fourth-order valence-electron chi connectivity index (χ4n) is 37.8. The van der Waals surface area contributed by atoms with Crippen LogP contribution in [0.5, 0.6) is 0 Å². The number of allylic oxidation sites excluding steroid dienone is 3. The maximum absolute atomic E-state index is 12.0. The zero-order chi connectivity index (χ0) is 47.4. The van der Waals surface area contributed by atoms with Gasteiger partial charge in [-0.2, -0.15) is 0 Å². The lowest BCUT2D eigenvalue weighted by Gasteiger charge is -2.80. The second-order valence-corrected chi connectivity index (χ2v) is 34.6. The van der Waals surface area contributed by atoms with E-state index < -0.39 is 5.97 Å². The van der Waals surface area contributed by atoms with Crippen LogP contribution in [0.3, 0.4) is 0 Å². The highest BCUT2D eigenvalue weighted by molar-refractivity contribution is 6.32. The van der Waals surface area contributed by atoms with Crippen LogP contribution in [0, 0.1) is 183 Å². The Labute approximate surface area is 443 Å². The van der Waals surface area contributed by atoms with Crippen molar-refractivity contribution in [3.63, 3.8) is 0 Å². The van der Waals surface area contributed by atoms with Gasteiger partial charge in [-0.1, -0.05) is 44.6 Å². The van der Waals surface area contributed by atoms with E-state index in [-0.39, 0.29) is 11.3 Å². The second kappa shape index (κ2) is 9.58. The van der Waals surface area contributed by atoms with Crippen LogP contribution in [0.4, 0.5) is 5.69 Å². The highest BCUT2D eigenvalue weighted by Gasteiger charge is 2.93. The van der Waals surface area contributed by atoms with E-state index in [1.165, 1.54) is 31.4 Å². The molecule has 13 fully saturated rings. The average molecular weight is 988 g/mol. The van der Waals surface area contributed by atoms with Gasteiger partial charge in [-0.3, -0.25) is 4.79 Å². The predicted molar refractivity (Wildman–Crippen MR) is 286 cm³/mol. The minimum Gasteiger partial charge on any atom is -0.481 e. The van der Waals surface area contributed by atoms with Crippen molar-refractivity contribution in [2.75, 3.05) is 5.32 Å². The number of rotatable bonds is 5. The quantitative estimate of drug-likeness (QED) is 0.173. The monoisotopic (exact) mass is 988 g/mol. The summed E-state index contributed by atoms with van der Waals surface area (Å²) in [5, 5.41) is 22.2. The molecule has 2 spiro atoms. The molecule has 19 unspecified atom stereocenters. The maximum atomic E-state index is 12.0. The van der Waals surface area contributed by atoms with E-state index in [1.54, 1.807) is 6.42 Å². The first kappa shape index (κ1) is 36.4. The molecule has 25 aliphatic carbocycles. The molecule has 0 heterocycles. The first-order chi connectivity index (χ1) is 37.4. The second-order valence-electron chi connectivity index (χ2n) is 34.6. The third kappa shape index (κ3) is 2.56. The molecule has 25 aliphatic rings. The van der Waals surface area contributed by atoms with E-state index in [0.717, 1.165) is 213 Å². The third-order valence-electron chi connectivity index (χ3n) is 36.1. The van der Waals surface area contributed by atoms with E-state index in [1.807, 2.05) is 50.7 Å². The maximum Gasteiger partial charge on any atom is 0.306 e. The van der Waals surface area contributed by atoms with E-state index in [9.17, 15) is 9.90 Å². The summed E-state index contributed by atoms with van der Waals surface area (Å²) in [5.74, 6) is 32.3. The van der Waals surface area contributed by atoms with E-state index in [2.05, 4.69) is 99.6 Å². The van der Waals surface area contributed by atoms with Crippen LogP contribution in [-0.2, 0) is 16.6 Å². The van der Waals surface area contributed by atoms with Gasteiger partial charge >= 0.3 is 5.97 Å². The van der Waals surface area contributed by atoms with Crippen LogP contribution in [0.2, 0.25) is 0 Å². The topological polar surface area (TPSA) is 49.3 Å². The summed E-state index contributed by atoms with van der Waals surface area (Å²) < 4.78 is 0. The Kier molecular flexibility index (Phi) is 4.59. The van der Waals surface area contributed by atoms with Crippen molar-refractivity contribution in [3.8, 4) is 0 Å². The molecule has 13 saturated carbocycles. The van der Waals surface area contributed by atoms with Gasteiger partial charge in [0.1, 0.15) is 0 Å². The van der Waals surface area contributed by atoms with Crippen LogP contribution in [-0.4, -0.2) is 17.1 Å². The van der Waals surface area contributed by atoms with Gasteiger partial charge in [-0.15, -0.1) is 0 Å². The average Bonchev–Trinajstić information content (AvgIpc) is 2.34. The van der Waals surface area contributed by atoms with Crippen molar-refractivity contribution >= 4 is 44.3 Å². The summed E-state index contributed by atoms with van der Waals surface area (Å²) >= 11 is 0. The summed E-state index contributed by atoms with van der Waals surface area (Å²) in [4.78, 5) is 12.0. The molecule has 4 aromatic rings. The normalized spacial score (nSPS) is 65.0. The number of nitrogens with one attached hydrogen (secondary N) is 1. The number of hydrogen-bond acceptors (Lipinski definition) is 2. The van der Waals surface area contributed by atoms with Crippen LogP contribution >= 0.6 is 0 Å². The molecule has 39 atom stereocenters. The molecule has 0 aromatic heterocycles. The molecular weight excluding hydrogens is 923 g/mol. The Morgan fingerprint density at radius 1 is 0.579 bits per heavy atom. The van der Waals surface area contributed by atoms with Crippen LogP contribution in [0.15, 0.2) is 35.9 Å². The van der Waals surface area contributed by atoms with Crippen molar-refractivity contribution in [1.82, 2.24) is 0 Å². The Morgan fingerprint density at radius 2 is 1.29 bits per heavy atom. The number of anilines is 1. The van der Waals surface area contributed by atoms with Gasteiger partial charge in [0.15, 0.2) is 0 Å². The molecule has 29 rings (SSSR count). The summed E-state index contributed by atoms with van der Waals surface area (Å²) in [6, 6.07) is 9.72. The molecule has 0 amide bonds. The number of fused-ring (bicyclic) bond motifs is 12. The number of carbonyl (C=O) groups is 1. The molecule has 11 bridgehead atoms. The minimum atomic E-state index is -0.684. The number of hydrogen-bond donors (Lipinski definition) is 2. The molecular formula is C73H65NO2. The van der Waals surface area contributed by atoms with Gasteiger partial charge in [-0.05, 0) is 352 Å². The van der Waals surface area contributed by atoms with Crippen LogP contribution in [0.25, 0.3) is 32.7 Å². The summed E-state index contributed by atoms with van der Waals surface area (Å²) in [6.45, 7) is 8.07. The molecule has 2 N–H and O–H groups in total. The predicted octanol–water partition coefficient (Wildman–Crippen LogP) is 13.1. The molecule has 0 radical (unpaired) electrons. The lowest BCUT2D eigenvalue weighted by Crippen LogP contribution is -2.76. The summed E-state index contributed by atoms with van der Waals surface area (Å²) in [6.07, 6.45) is 11.2. The zero-order valence-corrected chi connectivity index (χ0v) is 43.8. The Balaban J connectivity index is 0.833. The van der Waals surface area contributed by atoms with E-state index in [4.69, 9.17) is 0 Å². The van der Waals surface area contributed by atoms with Gasteiger partial charge in [0.25, 0.3) is 0 Å². The highest BCUT2D eigenvalue weighted by Crippen LogP contribution is 3.00. The smallest absolute Gasteiger partial charge is 0.306 e. The SMILES string of the molecule is CC(Cc1ccc(NC2CCC34c5c6c7c8c9c%10c%11c%12c%13c%14c%15c%11c8c5C%15=C5C8C%14C%11CC%13[C@H]%13C%14C%12C%10C%10C%12C=C9C9C7CC6[C@@H]3[C@H]3[C@H]6[C@@H](C)[C@@H]9[C@@H]7[C@H]9[C@H]%15[C@@H]%16C(C%14C%10[C@H]%12[C@@H]%167)[C@@H]%13[C@@H]%11[C@H]%15[C@@H](C)[C@H]([C@@H]69)[C@H]3[C@H]8C54C2)cc1)C(=O)O. The lowest BCUT2D eigenvalue weighted by molar-refractivity contribution is -0.220. The molecule has 0 saturated heterocycles. The van der Waals surface area contributed by atoms with Gasteiger partial charge in [0, 0.05) is 22.6 Å². The van der Waals surface area contributed by atoms with Gasteiger partial charge < -0.3 is 10.4 Å². The van der Waals surface area contributed by atoms with Crippen molar-refractivity contribution in [2.24, 2.45) is 183 Å². The van der Waals surface area contributed by atoms with Gasteiger partial charge in [-0.25, -0.2) is 0 Å². The fourth-order valence-corrected chi connectivity index (χ4v) is 37.8. The Bertz CT molecular complexity index is 4120. The number of benzene rings is 4. The van der Waals surface area contributed by atoms with Crippen molar-refractivity contribution < 1.29 is 9.90 Å². The summed E-state index contributed by atoms with van der Waals surface area (Å²) in [7, 11) is 0. The lowest BCUT2D eigenvalue weighted by atomic mass is 9.23. The largest absolute Gasteiger partial charge is 0.481 e. The molecule has 3 heteroatoms. The van der Waals surface area contributed by atoms with Gasteiger partial charge in [0.05, 0.1) is 5.92 Å². The molecule has 0 aliphatic heterocycles. The number of carboxylic acid groups (broad SMARTS) is 1. The number of aliphatic carboxylic acids is 1. The van der Waals surface area contributed by atoms with Crippen molar-refractivity contribution in [3.05, 3.63) is 97.1 Å². The zero-order valence-electron chi connectivity index (χ0n) is 43.8. The van der Waals surface area contributed by atoms with Crippen LogP contribution < -0.4 is 5.32 Å². The fraction of sp³-hybridized carbons (Fsp3) is 0.658. The van der Waals surface area contributed by atoms with Crippen LogP contribution in [0.1, 0.15) is 150 Å². The minimum absolute atomic E-state index is 0.286. The van der Waals surface area contributed by atoms with Gasteiger partial charge in [0.2, 0.25) is 0 Å². The summed E-state index contributed by atoms with van der Waals surface area (Å²) in [5.41, 5.74) is 30.2. The first-order valence-electron chi connectivity index (χ1n) is 33.2. The molecule has 76 heavy (non-hydrogen) atoms. The molecule has 4 aromatic carbocycles. The standard InChI is InChI=1S/C73H65NO2/c1-15(71(75)76)10-18-4-6-19(7-5-18)74-20-8-9-72-67-26-13-22-31-21-11-24-36-46-37(24)50-49-34(21)45-33(22)40(26)68(72)64-60(45)59-58(49)52-38-25-12-23-32-28-17(3)30-41-29(62(67)63(30)69-66-39(23)47(38)61(59)65(64)70(66)73(69,72)14-20)16(2)27(31)42-48(36)54(43(28)53(41)42)56-44(32)35(25)51(55(46)56)57(50)52/h4-7,11,15-17,20,22-32,35-37,39,41-44,46,48,50-51,53-57,62-63,66-67,69,74H,8-10,12-14H2,1-3H3,(H,75,76)/t15?,16-,17+,20?,22?,23?,24?,25?,26?,27-,28+,29-,30+,31?,32-,35+,36-,37?,39?,41+,42-,43-,44+,46?,48+,50?,51?,53-,54-,55?,56?,57?,62-,63+,66?,67+,69+,72?,73?/m0/s1. The van der Waals surface area contributed by atoms with E-state index >= 15 is 0 Å². The Hall–Kier alpha value is -3.85. The third-order valence-corrected chi connectivity index (χ3v) is 36.1. The Morgan fingerprint density at radius 3 is 2.14 bits per heavy atom. The highest BCUT2D eigenvalue weighted by atomic mass is 16.4. The first-order valence-corrected chi connectivity index (χ1v) is 33.2. The van der Waals surface area contributed by atoms with Crippen molar-refractivity contribution in [2.45, 2.75) is 106 Å².